The van der Waals surface area contributed by atoms with Crippen molar-refractivity contribution < 1.29 is 23.9 Å². The summed E-state index contributed by atoms with van der Waals surface area (Å²) < 4.78 is 4.73. The first-order valence-corrected chi connectivity index (χ1v) is 9.26. The second-order valence-corrected chi connectivity index (χ2v) is 8.91. The van der Waals surface area contributed by atoms with E-state index in [1.807, 2.05) is 0 Å². The lowest BCUT2D eigenvalue weighted by molar-refractivity contribution is -0.166. The van der Waals surface area contributed by atoms with Gasteiger partial charge in [0.15, 0.2) is 23.0 Å². The van der Waals surface area contributed by atoms with E-state index < -0.39 is 15.6 Å². The van der Waals surface area contributed by atoms with Gasteiger partial charge in [0, 0.05) is 42.4 Å². The molecule has 1 atom stereocenters. The zero-order valence-electron chi connectivity index (χ0n) is 12.8. The van der Waals surface area contributed by atoms with Crippen LogP contribution in [0.2, 0.25) is 0 Å². The minimum atomic E-state index is -1.36. The third-order valence-corrected chi connectivity index (χ3v) is 7.74. The van der Waals surface area contributed by atoms with Crippen molar-refractivity contribution in [1.82, 2.24) is 0 Å². The molecule has 1 unspecified atom stereocenters. The van der Waals surface area contributed by atoms with E-state index in [-0.39, 0.29) is 30.2 Å². The van der Waals surface area contributed by atoms with Gasteiger partial charge < -0.3 is 4.74 Å². The van der Waals surface area contributed by atoms with Gasteiger partial charge in [0.25, 0.3) is 0 Å². The highest BCUT2D eigenvalue weighted by Crippen LogP contribution is 2.59. The number of Topliss-reactive ketones (excluding diaryl/α,β-unsaturated/α-hetero) is 1. The molecule has 0 aromatic rings. The van der Waals surface area contributed by atoms with E-state index in [9.17, 15) is 19.2 Å². The van der Waals surface area contributed by atoms with E-state index >= 15 is 0 Å². The maximum atomic E-state index is 12.4. The van der Waals surface area contributed by atoms with Crippen LogP contribution in [0.1, 0.15) is 26.7 Å². The van der Waals surface area contributed by atoms with Crippen molar-refractivity contribution >= 4 is 46.8 Å². The normalized spacial score (nSPS) is 29.0. The Morgan fingerprint density at radius 3 is 2.26 bits per heavy atom. The summed E-state index contributed by atoms with van der Waals surface area (Å²) in [6.45, 7) is 2.63. The molecule has 1 spiro atoms. The average molecular weight is 352 g/mol. The Morgan fingerprint density at radius 1 is 1.09 bits per heavy atom. The molecule has 0 amide bonds. The van der Waals surface area contributed by atoms with Crippen LogP contribution in [0.25, 0.3) is 0 Å². The molecule has 0 radical (unpaired) electrons. The summed E-state index contributed by atoms with van der Waals surface area (Å²) in [6, 6.07) is 0. The van der Waals surface area contributed by atoms with E-state index in [1.165, 1.54) is 26.0 Å². The highest BCUT2D eigenvalue weighted by Gasteiger charge is 2.58. The zero-order chi connectivity index (χ0) is 16.8. The lowest BCUT2D eigenvalue weighted by Gasteiger charge is -2.45. The first-order valence-electron chi connectivity index (χ1n) is 7.29. The predicted molar refractivity (Wildman–Crippen MR) is 88.2 cm³/mol. The van der Waals surface area contributed by atoms with E-state index in [2.05, 4.69) is 0 Å². The monoisotopic (exact) mass is 352 g/mol. The van der Waals surface area contributed by atoms with Crippen LogP contribution in [0, 0.1) is 0 Å². The van der Waals surface area contributed by atoms with Crippen molar-refractivity contribution in [3.63, 3.8) is 0 Å². The Kier molecular flexibility index (Phi) is 4.04. The minimum absolute atomic E-state index is 0.0188. The summed E-state index contributed by atoms with van der Waals surface area (Å²) in [7, 11) is 0. The molecule has 7 heteroatoms. The fourth-order valence-corrected chi connectivity index (χ4v) is 6.95. The number of allylic oxidation sites excluding steroid dienone is 2. The Balaban J connectivity index is 2.17. The number of hydrogen-bond donors (Lipinski definition) is 0. The lowest BCUT2D eigenvalue weighted by Crippen LogP contribution is -2.52. The second kappa shape index (κ2) is 5.63. The molecule has 1 fully saturated rings. The molecule has 5 nitrogen and oxygen atoms in total. The molecule has 23 heavy (non-hydrogen) atoms. The van der Waals surface area contributed by atoms with E-state index in [1.54, 1.807) is 23.5 Å². The van der Waals surface area contributed by atoms with Crippen LogP contribution >= 0.6 is 23.5 Å². The van der Waals surface area contributed by atoms with Gasteiger partial charge >= 0.3 is 5.97 Å². The van der Waals surface area contributed by atoms with Gasteiger partial charge in [-0.3, -0.25) is 19.2 Å². The van der Waals surface area contributed by atoms with Crippen molar-refractivity contribution in [2.45, 2.75) is 36.4 Å². The molecule has 1 heterocycles. The largest absolute Gasteiger partial charge is 0.451 e. The molecule has 0 aromatic carbocycles. The van der Waals surface area contributed by atoms with Crippen LogP contribution in [0.5, 0.6) is 0 Å². The van der Waals surface area contributed by atoms with Gasteiger partial charge in [-0.1, -0.05) is 0 Å². The fourth-order valence-electron chi connectivity index (χ4n) is 3.38. The fraction of sp³-hybridized carbons (Fsp3) is 0.500. The highest BCUT2D eigenvalue weighted by atomic mass is 32.2. The van der Waals surface area contributed by atoms with Crippen molar-refractivity contribution in [2.75, 3.05) is 11.5 Å². The average Bonchev–Trinajstić information content (AvgIpc) is 2.90. The molecule has 0 aromatic heterocycles. The first kappa shape index (κ1) is 16.5. The zero-order valence-corrected chi connectivity index (χ0v) is 14.5. The number of carbonyl (C=O) groups excluding carboxylic acids is 4. The molecule has 2 aliphatic carbocycles. The van der Waals surface area contributed by atoms with Crippen LogP contribution in [0.3, 0.4) is 0 Å². The summed E-state index contributed by atoms with van der Waals surface area (Å²) in [6.07, 6.45) is 2.75. The molecule has 3 aliphatic rings. The maximum Gasteiger partial charge on any atom is 0.303 e. The molecule has 122 valence electrons. The van der Waals surface area contributed by atoms with Gasteiger partial charge in [-0.15, -0.1) is 23.5 Å². The Bertz CT molecular complexity index is 685. The third-order valence-electron chi connectivity index (χ3n) is 4.33. The molecular weight excluding hydrogens is 336 g/mol. The number of rotatable bonds is 2. The molecule has 1 aliphatic heterocycles. The molecule has 1 saturated heterocycles. The highest BCUT2D eigenvalue weighted by molar-refractivity contribution is 8.21. The Hall–Kier alpha value is -1.34. The minimum Gasteiger partial charge on any atom is -0.451 e. The van der Waals surface area contributed by atoms with Crippen LogP contribution < -0.4 is 0 Å². The van der Waals surface area contributed by atoms with E-state index in [0.29, 0.717) is 11.1 Å². The lowest BCUT2D eigenvalue weighted by atomic mass is 9.73. The quantitative estimate of drug-likeness (QED) is 0.554. The number of hydrogen-bond acceptors (Lipinski definition) is 7. The van der Waals surface area contributed by atoms with Crippen molar-refractivity contribution in [3.8, 4) is 0 Å². The van der Waals surface area contributed by atoms with Gasteiger partial charge in [-0.05, 0) is 19.1 Å². The van der Waals surface area contributed by atoms with Gasteiger partial charge in [0.1, 0.15) is 0 Å². The van der Waals surface area contributed by atoms with Crippen LogP contribution in [-0.2, 0) is 23.9 Å². The first-order chi connectivity index (χ1) is 10.8. The molecular formula is C16H16O5S2. The smallest absolute Gasteiger partial charge is 0.303 e. The maximum absolute atomic E-state index is 12.4. The second-order valence-electron chi connectivity index (χ2n) is 5.86. The van der Waals surface area contributed by atoms with Crippen molar-refractivity contribution in [3.05, 3.63) is 23.3 Å². The van der Waals surface area contributed by atoms with Gasteiger partial charge in [0.05, 0.1) is 4.08 Å². The van der Waals surface area contributed by atoms with Crippen LogP contribution in [0.15, 0.2) is 23.3 Å². The SMILES string of the molecule is CC(=O)OC1(C(C)=O)CC2=C(C(=O)C=CC2=O)C2(C1)SCCS2. The molecule has 3 rings (SSSR count). The Morgan fingerprint density at radius 2 is 1.70 bits per heavy atom. The van der Waals surface area contributed by atoms with Crippen molar-refractivity contribution in [1.29, 1.82) is 0 Å². The summed E-state index contributed by atoms with van der Waals surface area (Å²) in [5.41, 5.74) is -0.556. The molecule has 0 bridgehead atoms. The standard InChI is InChI=1S/C16H16O5S2/c1-9(17)15(21-10(2)18)7-11-12(19)3-4-13(20)14(11)16(8-15)22-5-6-23-16/h3-4H,5-8H2,1-2H3. The number of fused-ring (bicyclic) bond motifs is 1. The van der Waals surface area contributed by atoms with Crippen LogP contribution in [0.4, 0.5) is 0 Å². The number of carbonyl (C=O) groups is 4. The number of thioether (sulfide) groups is 2. The predicted octanol–water partition coefficient (Wildman–Crippen LogP) is 1.85. The summed E-state index contributed by atoms with van der Waals surface area (Å²) >= 11 is 3.12. The van der Waals surface area contributed by atoms with E-state index in [0.717, 1.165) is 11.5 Å². The summed E-state index contributed by atoms with van der Waals surface area (Å²) in [4.78, 5) is 48.7. The van der Waals surface area contributed by atoms with Crippen LogP contribution in [-0.4, -0.2) is 44.5 Å². The molecule has 0 N–H and O–H groups in total. The summed E-state index contributed by atoms with van der Waals surface area (Å²) in [5, 5.41) is 0. The number of ketones is 3. The van der Waals surface area contributed by atoms with Gasteiger partial charge in [-0.2, -0.15) is 0 Å². The summed E-state index contributed by atoms with van der Waals surface area (Å²) in [5.74, 6) is 0.339. The topological polar surface area (TPSA) is 77.5 Å². The third kappa shape index (κ3) is 2.59. The number of ether oxygens (including phenoxy) is 1. The van der Waals surface area contributed by atoms with Gasteiger partial charge in [-0.25, -0.2) is 0 Å². The van der Waals surface area contributed by atoms with Crippen molar-refractivity contribution in [2.24, 2.45) is 0 Å². The van der Waals surface area contributed by atoms with Gasteiger partial charge in [0.2, 0.25) is 0 Å². The molecule has 0 saturated carbocycles. The Labute approximate surface area is 142 Å². The van der Waals surface area contributed by atoms with E-state index in [4.69, 9.17) is 4.74 Å². The number of esters is 1.